The predicted octanol–water partition coefficient (Wildman–Crippen LogP) is 2.47. The Bertz CT molecular complexity index is 687. The van der Waals surface area contributed by atoms with Crippen LogP contribution in [0.15, 0.2) is 29.6 Å². The Labute approximate surface area is 130 Å². The first-order chi connectivity index (χ1) is 10.4. The number of nitrogens with zero attached hydrogens (tertiary/aromatic N) is 1. The SMILES string of the molecule is CC(CC(=O)O)NC(=O)Cc1csc(-c2cccc(F)c2)n1. The van der Waals surface area contributed by atoms with Crippen molar-refractivity contribution >= 4 is 23.2 Å². The second-order valence-electron chi connectivity index (χ2n) is 4.90. The van der Waals surface area contributed by atoms with E-state index in [2.05, 4.69) is 10.3 Å². The molecule has 2 N–H and O–H groups in total. The molecule has 0 saturated carbocycles. The van der Waals surface area contributed by atoms with Crippen LogP contribution in [0.5, 0.6) is 0 Å². The van der Waals surface area contributed by atoms with Gasteiger partial charge in [0, 0.05) is 17.0 Å². The normalized spacial score (nSPS) is 11.9. The number of carboxylic acid groups (broad SMARTS) is 1. The largest absolute Gasteiger partial charge is 0.481 e. The maximum absolute atomic E-state index is 13.2. The van der Waals surface area contributed by atoms with E-state index >= 15 is 0 Å². The molecule has 0 aliphatic carbocycles. The van der Waals surface area contributed by atoms with Gasteiger partial charge in [-0.25, -0.2) is 9.37 Å². The first-order valence-electron chi connectivity index (χ1n) is 6.65. The fourth-order valence-electron chi connectivity index (χ4n) is 1.95. The molecule has 1 atom stereocenters. The zero-order chi connectivity index (χ0) is 16.1. The monoisotopic (exact) mass is 322 g/mol. The zero-order valence-corrected chi connectivity index (χ0v) is 12.7. The second-order valence-corrected chi connectivity index (χ2v) is 5.76. The Morgan fingerprint density at radius 3 is 2.91 bits per heavy atom. The first kappa shape index (κ1) is 16.1. The quantitative estimate of drug-likeness (QED) is 0.856. The lowest BCUT2D eigenvalue weighted by Crippen LogP contribution is -2.35. The van der Waals surface area contributed by atoms with Crippen molar-refractivity contribution in [1.82, 2.24) is 10.3 Å². The van der Waals surface area contributed by atoms with Gasteiger partial charge in [0.15, 0.2) is 0 Å². The number of aliphatic carboxylic acids is 1. The molecular formula is C15H15FN2O3S. The highest BCUT2D eigenvalue weighted by atomic mass is 32.1. The van der Waals surface area contributed by atoms with Crippen molar-refractivity contribution in [3.8, 4) is 10.6 Å². The summed E-state index contributed by atoms with van der Waals surface area (Å²) in [6.45, 7) is 1.63. The average molecular weight is 322 g/mol. The summed E-state index contributed by atoms with van der Waals surface area (Å²) in [7, 11) is 0. The molecule has 5 nitrogen and oxygen atoms in total. The fourth-order valence-corrected chi connectivity index (χ4v) is 2.76. The van der Waals surface area contributed by atoms with Crippen LogP contribution in [-0.2, 0) is 16.0 Å². The van der Waals surface area contributed by atoms with Gasteiger partial charge in [0.05, 0.1) is 18.5 Å². The lowest BCUT2D eigenvalue weighted by atomic mass is 10.2. The molecular weight excluding hydrogens is 307 g/mol. The summed E-state index contributed by atoms with van der Waals surface area (Å²) in [4.78, 5) is 26.7. The van der Waals surface area contributed by atoms with Crippen LogP contribution in [0.2, 0.25) is 0 Å². The van der Waals surface area contributed by atoms with Crippen molar-refractivity contribution in [3.63, 3.8) is 0 Å². The predicted molar refractivity (Wildman–Crippen MR) is 81.1 cm³/mol. The van der Waals surface area contributed by atoms with Crippen molar-refractivity contribution in [3.05, 3.63) is 41.2 Å². The Morgan fingerprint density at radius 2 is 2.23 bits per heavy atom. The number of hydrogen-bond acceptors (Lipinski definition) is 4. The smallest absolute Gasteiger partial charge is 0.305 e. The van der Waals surface area contributed by atoms with Gasteiger partial charge < -0.3 is 10.4 Å². The van der Waals surface area contributed by atoms with Crippen molar-refractivity contribution in [2.24, 2.45) is 0 Å². The van der Waals surface area contributed by atoms with Crippen molar-refractivity contribution in [2.75, 3.05) is 0 Å². The third-order valence-corrected chi connectivity index (χ3v) is 3.79. The van der Waals surface area contributed by atoms with Crippen LogP contribution in [0.3, 0.4) is 0 Å². The third-order valence-electron chi connectivity index (χ3n) is 2.85. The van der Waals surface area contributed by atoms with E-state index in [1.807, 2.05) is 0 Å². The minimum atomic E-state index is -0.963. The molecule has 22 heavy (non-hydrogen) atoms. The van der Waals surface area contributed by atoms with E-state index < -0.39 is 12.0 Å². The maximum Gasteiger partial charge on any atom is 0.305 e. The molecule has 0 spiro atoms. The summed E-state index contributed by atoms with van der Waals surface area (Å²) >= 11 is 1.33. The van der Waals surface area contributed by atoms with E-state index in [1.165, 1.54) is 23.5 Å². The molecule has 0 radical (unpaired) electrons. The van der Waals surface area contributed by atoms with Crippen molar-refractivity contribution < 1.29 is 19.1 Å². The van der Waals surface area contributed by atoms with Crippen LogP contribution < -0.4 is 5.32 Å². The molecule has 7 heteroatoms. The van der Waals surface area contributed by atoms with Crippen LogP contribution >= 0.6 is 11.3 Å². The van der Waals surface area contributed by atoms with E-state index in [0.717, 1.165) is 0 Å². The lowest BCUT2D eigenvalue weighted by molar-refractivity contribution is -0.137. The van der Waals surface area contributed by atoms with Gasteiger partial charge in [0.1, 0.15) is 10.8 Å². The molecule has 116 valence electrons. The Balaban J connectivity index is 1.97. The molecule has 0 aliphatic heterocycles. The number of halogens is 1. The highest BCUT2D eigenvalue weighted by Crippen LogP contribution is 2.24. The molecule has 1 amide bonds. The molecule has 0 bridgehead atoms. The van der Waals surface area contributed by atoms with E-state index in [0.29, 0.717) is 16.3 Å². The highest BCUT2D eigenvalue weighted by molar-refractivity contribution is 7.13. The van der Waals surface area contributed by atoms with Gasteiger partial charge in [-0.05, 0) is 19.1 Å². The number of amides is 1. The van der Waals surface area contributed by atoms with E-state index in [-0.39, 0.29) is 24.6 Å². The molecule has 2 rings (SSSR count). The number of benzene rings is 1. The summed E-state index contributed by atoms with van der Waals surface area (Å²) < 4.78 is 13.2. The van der Waals surface area contributed by atoms with E-state index in [1.54, 1.807) is 24.4 Å². The van der Waals surface area contributed by atoms with Crippen molar-refractivity contribution in [1.29, 1.82) is 0 Å². The van der Waals surface area contributed by atoms with Gasteiger partial charge in [-0.2, -0.15) is 0 Å². The van der Waals surface area contributed by atoms with E-state index in [4.69, 9.17) is 5.11 Å². The number of hydrogen-bond donors (Lipinski definition) is 2. The minimum absolute atomic E-state index is 0.0653. The van der Waals surface area contributed by atoms with Crippen molar-refractivity contribution in [2.45, 2.75) is 25.8 Å². The number of aromatic nitrogens is 1. The van der Waals surface area contributed by atoms with Gasteiger partial charge in [-0.15, -0.1) is 11.3 Å². The number of thiazole rings is 1. The zero-order valence-electron chi connectivity index (χ0n) is 11.9. The summed E-state index contributed by atoms with van der Waals surface area (Å²) in [6.07, 6.45) is -0.0624. The minimum Gasteiger partial charge on any atom is -0.481 e. The van der Waals surface area contributed by atoms with Crippen LogP contribution in [0.1, 0.15) is 19.0 Å². The van der Waals surface area contributed by atoms with Gasteiger partial charge in [-0.3, -0.25) is 9.59 Å². The molecule has 0 aliphatic rings. The molecule has 1 unspecified atom stereocenters. The van der Waals surface area contributed by atoms with Gasteiger partial charge in [0.2, 0.25) is 5.91 Å². The highest BCUT2D eigenvalue weighted by Gasteiger charge is 2.13. The standard InChI is InChI=1S/C15H15FN2O3S/c1-9(5-14(20)21)17-13(19)7-12-8-22-15(18-12)10-3-2-4-11(16)6-10/h2-4,6,8-9H,5,7H2,1H3,(H,17,19)(H,20,21). The van der Waals surface area contributed by atoms with Gasteiger partial charge in [0.25, 0.3) is 0 Å². The van der Waals surface area contributed by atoms with Crippen LogP contribution in [0, 0.1) is 5.82 Å². The Hall–Kier alpha value is -2.28. The average Bonchev–Trinajstić information content (AvgIpc) is 2.85. The molecule has 1 aromatic heterocycles. The molecule has 0 fully saturated rings. The summed E-state index contributed by atoms with van der Waals surface area (Å²) in [5, 5.41) is 13.6. The molecule has 2 aromatic rings. The number of carbonyl (C=O) groups is 2. The lowest BCUT2D eigenvalue weighted by Gasteiger charge is -2.10. The van der Waals surface area contributed by atoms with Crippen LogP contribution in [0.25, 0.3) is 10.6 Å². The number of carbonyl (C=O) groups excluding carboxylic acids is 1. The summed E-state index contributed by atoms with van der Waals surface area (Å²) in [5.74, 6) is -1.59. The number of nitrogens with one attached hydrogen (secondary N) is 1. The Kier molecular flexibility index (Phi) is 5.21. The second kappa shape index (κ2) is 7.13. The number of rotatable bonds is 6. The van der Waals surface area contributed by atoms with Crippen LogP contribution in [-0.4, -0.2) is 28.0 Å². The number of carboxylic acids is 1. The third kappa shape index (κ3) is 4.63. The maximum atomic E-state index is 13.2. The summed E-state index contributed by atoms with van der Waals surface area (Å²) in [5.41, 5.74) is 1.24. The molecule has 1 heterocycles. The summed E-state index contributed by atoms with van der Waals surface area (Å²) in [6, 6.07) is 5.66. The first-order valence-corrected chi connectivity index (χ1v) is 7.53. The molecule has 0 saturated heterocycles. The van der Waals surface area contributed by atoms with Gasteiger partial charge >= 0.3 is 5.97 Å². The molecule has 1 aromatic carbocycles. The topological polar surface area (TPSA) is 79.3 Å². The fraction of sp³-hybridized carbons (Fsp3) is 0.267. The van der Waals surface area contributed by atoms with E-state index in [9.17, 15) is 14.0 Å². The van der Waals surface area contributed by atoms with Gasteiger partial charge in [-0.1, -0.05) is 12.1 Å². The van der Waals surface area contributed by atoms with Crippen LogP contribution in [0.4, 0.5) is 4.39 Å². The Morgan fingerprint density at radius 1 is 1.45 bits per heavy atom.